The molecule has 202 valence electrons. The lowest BCUT2D eigenvalue weighted by Crippen LogP contribution is -2.51. The average Bonchev–Trinajstić information content (AvgIpc) is 2.95. The number of ether oxygens (including phenoxy) is 3. The number of fused-ring (bicyclic) bond motifs is 1. The molecule has 0 saturated carbocycles. The molecular weight excluding hydrogens is 484 g/mol. The molecule has 0 aromatic heterocycles. The molecule has 38 heavy (non-hydrogen) atoms. The third-order valence-corrected chi connectivity index (χ3v) is 7.59. The van der Waals surface area contributed by atoms with Crippen LogP contribution >= 0.6 is 0 Å². The zero-order chi connectivity index (χ0) is 26.4. The van der Waals surface area contributed by atoms with Crippen molar-refractivity contribution in [3.8, 4) is 11.5 Å². The molecule has 3 aliphatic rings. The summed E-state index contributed by atoms with van der Waals surface area (Å²) < 4.78 is 17.2. The van der Waals surface area contributed by atoms with Gasteiger partial charge in [0, 0.05) is 51.6 Å². The number of carbonyl (C=O) groups is 2. The van der Waals surface area contributed by atoms with Crippen molar-refractivity contribution in [1.29, 1.82) is 0 Å². The van der Waals surface area contributed by atoms with Gasteiger partial charge in [0.15, 0.2) is 12.1 Å². The van der Waals surface area contributed by atoms with E-state index < -0.39 is 11.9 Å². The molecule has 1 spiro atoms. The highest BCUT2D eigenvalue weighted by molar-refractivity contribution is 6.01. The number of hydroxylamine groups is 1. The molecule has 3 aliphatic heterocycles. The van der Waals surface area contributed by atoms with E-state index in [0.717, 1.165) is 69.5 Å². The average molecular weight is 521 g/mol. The third-order valence-electron chi connectivity index (χ3n) is 7.59. The largest absolute Gasteiger partial charge is 0.497 e. The molecule has 8 nitrogen and oxygen atoms in total. The number of nitrogens with one attached hydrogen (secondary N) is 1. The Balaban J connectivity index is 1.12. The van der Waals surface area contributed by atoms with Crippen molar-refractivity contribution in [2.75, 3.05) is 33.4 Å². The molecule has 1 atom stereocenters. The van der Waals surface area contributed by atoms with Crippen LogP contribution in [0.4, 0.5) is 0 Å². The highest BCUT2D eigenvalue weighted by Crippen LogP contribution is 2.39. The molecular formula is C30H36N2O6. The van der Waals surface area contributed by atoms with E-state index in [1.807, 2.05) is 24.3 Å². The third kappa shape index (κ3) is 6.62. The fourth-order valence-corrected chi connectivity index (χ4v) is 5.33. The predicted molar refractivity (Wildman–Crippen MR) is 143 cm³/mol. The summed E-state index contributed by atoms with van der Waals surface area (Å²) in [5, 5.41) is 0. The number of piperidine rings is 1. The van der Waals surface area contributed by atoms with Crippen LogP contribution < -0.4 is 15.0 Å². The van der Waals surface area contributed by atoms with Crippen molar-refractivity contribution in [3.05, 3.63) is 65.2 Å². The Labute approximate surface area is 223 Å². The number of carbonyl (C=O) groups excluding carboxylic acids is 2. The zero-order valence-corrected chi connectivity index (χ0v) is 21.9. The summed E-state index contributed by atoms with van der Waals surface area (Å²) in [6.07, 6.45) is 8.44. The van der Waals surface area contributed by atoms with Crippen LogP contribution in [-0.4, -0.2) is 61.8 Å². The molecule has 2 aromatic rings. The number of hydrogen-bond donors (Lipinski definition) is 1. The number of nitrogens with zero attached hydrogens (tertiary/aromatic N) is 1. The standard InChI is InChI=1S/C30H36N2O6/c1-35-24-6-4-5-22(19-24)12-15-32-16-13-30(14-17-32)21-26(33)25-20-23(8-10-27(25)37-30)9-11-28(34)31-38-29-7-2-3-18-36-29/h4-6,8-11,19-20,29H,2-3,7,12-18,21H2,1H3,(H,31,34). The van der Waals surface area contributed by atoms with Gasteiger partial charge in [-0.25, -0.2) is 10.3 Å². The van der Waals surface area contributed by atoms with Gasteiger partial charge in [0.1, 0.15) is 17.1 Å². The topological polar surface area (TPSA) is 86.3 Å². The van der Waals surface area contributed by atoms with Crippen molar-refractivity contribution in [2.24, 2.45) is 0 Å². The maximum Gasteiger partial charge on any atom is 0.267 e. The van der Waals surface area contributed by atoms with Crippen LogP contribution in [0.2, 0.25) is 0 Å². The van der Waals surface area contributed by atoms with Crippen LogP contribution in [0.15, 0.2) is 48.5 Å². The Morgan fingerprint density at radius 2 is 2.05 bits per heavy atom. The lowest BCUT2D eigenvalue weighted by molar-refractivity contribution is -0.198. The molecule has 2 fully saturated rings. The van der Waals surface area contributed by atoms with E-state index in [-0.39, 0.29) is 11.7 Å². The highest BCUT2D eigenvalue weighted by atomic mass is 16.8. The van der Waals surface area contributed by atoms with Crippen molar-refractivity contribution < 1.29 is 28.6 Å². The fraction of sp³-hybridized carbons (Fsp3) is 0.467. The smallest absolute Gasteiger partial charge is 0.267 e. The maximum atomic E-state index is 13.1. The van der Waals surface area contributed by atoms with E-state index in [2.05, 4.69) is 22.5 Å². The van der Waals surface area contributed by atoms with Crippen LogP contribution in [0.1, 0.15) is 60.0 Å². The van der Waals surface area contributed by atoms with Gasteiger partial charge in [0.2, 0.25) is 0 Å². The minimum absolute atomic E-state index is 0.0913. The number of hydrogen-bond acceptors (Lipinski definition) is 7. The second-order valence-corrected chi connectivity index (χ2v) is 10.3. The van der Waals surface area contributed by atoms with Gasteiger partial charge < -0.3 is 19.1 Å². The van der Waals surface area contributed by atoms with E-state index >= 15 is 0 Å². The first-order valence-electron chi connectivity index (χ1n) is 13.5. The van der Waals surface area contributed by atoms with Crippen LogP contribution in [0.5, 0.6) is 11.5 Å². The van der Waals surface area contributed by atoms with Gasteiger partial charge in [-0.15, -0.1) is 0 Å². The van der Waals surface area contributed by atoms with Crippen molar-refractivity contribution in [1.82, 2.24) is 10.4 Å². The molecule has 5 rings (SSSR count). The lowest BCUT2D eigenvalue weighted by Gasteiger charge is -2.44. The molecule has 1 N–H and O–H groups in total. The van der Waals surface area contributed by atoms with Gasteiger partial charge in [-0.05, 0) is 60.7 Å². The lowest BCUT2D eigenvalue weighted by atomic mass is 9.82. The molecule has 0 aliphatic carbocycles. The Morgan fingerprint density at radius 3 is 2.84 bits per heavy atom. The second-order valence-electron chi connectivity index (χ2n) is 10.3. The number of Topliss-reactive ketones (excluding diaryl/α,β-unsaturated/α-hetero) is 1. The summed E-state index contributed by atoms with van der Waals surface area (Å²) in [5.74, 6) is 1.23. The van der Waals surface area contributed by atoms with Gasteiger partial charge >= 0.3 is 0 Å². The molecule has 1 unspecified atom stereocenters. The maximum absolute atomic E-state index is 13.1. The Hall–Kier alpha value is -3.20. The van der Waals surface area contributed by atoms with Crippen molar-refractivity contribution in [2.45, 2.75) is 56.8 Å². The quantitative estimate of drug-likeness (QED) is 0.410. The fourth-order valence-electron chi connectivity index (χ4n) is 5.33. The number of amides is 1. The molecule has 2 saturated heterocycles. The van der Waals surface area contributed by atoms with Gasteiger partial charge in [-0.2, -0.15) is 0 Å². The van der Waals surface area contributed by atoms with E-state index in [4.69, 9.17) is 19.0 Å². The first-order valence-corrected chi connectivity index (χ1v) is 13.5. The van der Waals surface area contributed by atoms with Crippen LogP contribution in [-0.2, 0) is 20.8 Å². The van der Waals surface area contributed by atoms with Crippen molar-refractivity contribution in [3.63, 3.8) is 0 Å². The molecule has 3 heterocycles. The van der Waals surface area contributed by atoms with E-state index in [0.29, 0.717) is 24.3 Å². The number of ketones is 1. The monoisotopic (exact) mass is 520 g/mol. The van der Waals surface area contributed by atoms with Crippen molar-refractivity contribution >= 4 is 17.8 Å². The predicted octanol–water partition coefficient (Wildman–Crippen LogP) is 4.33. The minimum atomic E-state index is -0.438. The first-order chi connectivity index (χ1) is 18.5. The number of benzene rings is 2. The second kappa shape index (κ2) is 12.1. The van der Waals surface area contributed by atoms with E-state index in [1.54, 1.807) is 19.3 Å². The molecule has 0 radical (unpaired) electrons. The summed E-state index contributed by atoms with van der Waals surface area (Å²) in [7, 11) is 1.69. The molecule has 0 bridgehead atoms. The van der Waals surface area contributed by atoms with Gasteiger partial charge in [-0.3, -0.25) is 9.59 Å². The summed E-state index contributed by atoms with van der Waals surface area (Å²) in [5.41, 5.74) is 4.56. The number of likely N-dealkylation sites (tertiary alicyclic amines) is 1. The Morgan fingerprint density at radius 1 is 1.18 bits per heavy atom. The highest BCUT2D eigenvalue weighted by Gasteiger charge is 2.42. The van der Waals surface area contributed by atoms with E-state index in [1.165, 1.54) is 11.6 Å². The van der Waals surface area contributed by atoms with Crippen LogP contribution in [0.3, 0.4) is 0 Å². The van der Waals surface area contributed by atoms with Crippen LogP contribution in [0.25, 0.3) is 6.08 Å². The number of rotatable bonds is 8. The van der Waals surface area contributed by atoms with Gasteiger partial charge in [0.25, 0.3) is 5.91 Å². The Bertz CT molecular complexity index is 1170. The molecule has 8 heteroatoms. The molecule has 2 aromatic carbocycles. The van der Waals surface area contributed by atoms with Gasteiger partial charge in [-0.1, -0.05) is 18.2 Å². The number of methoxy groups -OCH3 is 1. The first kappa shape index (κ1) is 26.4. The summed E-state index contributed by atoms with van der Waals surface area (Å²) in [6.45, 7) is 3.41. The van der Waals surface area contributed by atoms with E-state index in [9.17, 15) is 9.59 Å². The van der Waals surface area contributed by atoms with Crippen LogP contribution in [0, 0.1) is 0 Å². The summed E-state index contributed by atoms with van der Waals surface area (Å²) in [6, 6.07) is 13.7. The van der Waals surface area contributed by atoms with Gasteiger partial charge in [0.05, 0.1) is 19.1 Å². The normalized spacial score (nSPS) is 21.2. The SMILES string of the molecule is COc1cccc(CCN2CCC3(CC2)CC(=O)c2cc(C=CC(=O)NOC4CCCCO4)ccc2O3)c1. The summed E-state index contributed by atoms with van der Waals surface area (Å²) in [4.78, 5) is 33.0. The Kier molecular flexibility index (Phi) is 8.42. The summed E-state index contributed by atoms with van der Waals surface area (Å²) >= 11 is 0. The zero-order valence-electron chi connectivity index (χ0n) is 21.9. The minimum Gasteiger partial charge on any atom is -0.497 e. The molecule has 1 amide bonds.